The topological polar surface area (TPSA) is 74.6 Å². The number of hydrogen-bond donors (Lipinski definition) is 2. The first-order valence-electron chi connectivity index (χ1n) is 9.69. The molecule has 0 spiro atoms. The van der Waals surface area contributed by atoms with E-state index >= 15 is 0 Å². The first-order chi connectivity index (χ1) is 11.4. The van der Waals surface area contributed by atoms with E-state index in [-0.39, 0.29) is 0 Å². The van der Waals surface area contributed by atoms with Crippen LogP contribution in [0.25, 0.3) is 0 Å². The third-order valence-electron chi connectivity index (χ3n) is 3.78. The molecule has 0 saturated heterocycles. The summed E-state index contributed by atoms with van der Waals surface area (Å²) in [5, 5.41) is 3.13. The molecule has 7 heteroatoms. The van der Waals surface area contributed by atoms with E-state index in [0.29, 0.717) is 0 Å². The standard InChI is InChI=1S/C17H35Se.Na.H2O4S/c1-3-5-6-7-8-9-10-11-12-13-14-15-17-18-16-4-2;;1-5(2,3)4/h2-17H2,1H3;;(H2,1,2,3,4). The predicted molar refractivity (Wildman–Crippen MR) is 106 cm³/mol. The van der Waals surface area contributed by atoms with Crippen molar-refractivity contribution in [2.75, 3.05) is 0 Å². The van der Waals surface area contributed by atoms with Gasteiger partial charge in [-0.2, -0.15) is 8.42 Å². The minimum Gasteiger partial charge on any atom is -0.264 e. The van der Waals surface area contributed by atoms with Crippen LogP contribution in [-0.4, -0.2) is 60.4 Å². The van der Waals surface area contributed by atoms with Crippen LogP contribution in [0.15, 0.2) is 0 Å². The second-order valence-corrected chi connectivity index (χ2v) is 10.8. The van der Waals surface area contributed by atoms with Gasteiger partial charge >= 0.3 is 145 Å². The van der Waals surface area contributed by atoms with Gasteiger partial charge in [0.1, 0.15) is 0 Å². The monoisotopic (exact) mass is 440 g/mol. The van der Waals surface area contributed by atoms with Crippen molar-refractivity contribution in [3.8, 4) is 0 Å². The van der Waals surface area contributed by atoms with Crippen molar-refractivity contribution in [2.45, 2.75) is 105 Å². The van der Waals surface area contributed by atoms with Crippen LogP contribution in [0.1, 0.15) is 90.4 Å². The molecule has 0 saturated carbocycles. The molecule has 2 N–H and O–H groups in total. The minimum absolute atomic E-state index is 0.989. The van der Waals surface area contributed by atoms with Crippen LogP contribution in [-0.2, 0) is 10.4 Å². The summed E-state index contributed by atoms with van der Waals surface area (Å²) >= 11 is 2.41. The van der Waals surface area contributed by atoms with Crippen molar-refractivity contribution >= 4 is 53.3 Å². The molecule has 0 aliphatic heterocycles. The molecule has 0 amide bonds. The molecular weight excluding hydrogens is 402 g/mol. The molecule has 0 aromatic heterocycles. The van der Waals surface area contributed by atoms with Crippen LogP contribution < -0.4 is 0 Å². The van der Waals surface area contributed by atoms with Gasteiger partial charge < -0.3 is 0 Å². The Morgan fingerprint density at radius 3 is 1.42 bits per heavy atom. The summed E-state index contributed by atoms with van der Waals surface area (Å²) in [6.45, 7) is 2.30. The van der Waals surface area contributed by atoms with Gasteiger partial charge in [-0.1, -0.05) is 13.3 Å². The van der Waals surface area contributed by atoms with Gasteiger partial charge in [0, 0.05) is 0 Å². The molecule has 0 atom stereocenters. The molecule has 0 rings (SSSR count). The fourth-order valence-electron chi connectivity index (χ4n) is 2.39. The zero-order valence-corrected chi connectivity index (χ0v) is 20.4. The predicted octanol–water partition coefficient (Wildman–Crippen LogP) is 5.55. The SMILES string of the molecule is CCCCCCCCCCCCCC[Se]CC[CH2][Na].O=S(=O)(O)O. The summed E-state index contributed by atoms with van der Waals surface area (Å²) < 4.78 is 33.1. The molecule has 4 nitrogen and oxygen atoms in total. The molecule has 0 fully saturated rings. The van der Waals surface area contributed by atoms with E-state index < -0.39 is 10.4 Å². The van der Waals surface area contributed by atoms with Gasteiger partial charge in [0.2, 0.25) is 0 Å². The second kappa shape index (κ2) is 22.4. The minimum atomic E-state index is -4.67. The average Bonchev–Trinajstić information content (AvgIpc) is 2.49. The third kappa shape index (κ3) is 38.8. The largest absolute Gasteiger partial charge is 0.394 e. The van der Waals surface area contributed by atoms with Crippen LogP contribution in [0, 0.1) is 0 Å². The van der Waals surface area contributed by atoms with Crippen molar-refractivity contribution in [3.63, 3.8) is 0 Å². The van der Waals surface area contributed by atoms with E-state index in [0.717, 1.165) is 15.0 Å². The molecule has 0 unspecified atom stereocenters. The Hall–Kier alpha value is 1.39. The normalized spacial score (nSPS) is 11.2. The molecule has 0 aromatic carbocycles. The fourth-order valence-corrected chi connectivity index (χ4v) is 6.21. The maximum atomic E-state index is 8.74. The van der Waals surface area contributed by atoms with E-state index in [1.165, 1.54) is 115 Å². The van der Waals surface area contributed by atoms with E-state index in [2.05, 4.69) is 6.92 Å². The summed E-state index contributed by atoms with van der Waals surface area (Å²) in [4.78, 5) is 0. The van der Waals surface area contributed by atoms with E-state index in [4.69, 9.17) is 17.5 Å². The summed E-state index contributed by atoms with van der Waals surface area (Å²) in [5.74, 6) is 0. The Kier molecular flexibility index (Phi) is 25.8. The smallest absolute Gasteiger partial charge is 0.264 e. The third-order valence-corrected chi connectivity index (χ3v) is 6.91. The fraction of sp³-hybridized carbons (Fsp3) is 1.00. The summed E-state index contributed by atoms with van der Waals surface area (Å²) in [6, 6.07) is 0. The Bertz CT molecular complexity index is 303. The molecule has 0 aromatic rings. The maximum absolute atomic E-state index is 8.74. The molecule has 0 radical (unpaired) electrons. The second-order valence-electron chi connectivity index (χ2n) is 6.30. The molecule has 0 aliphatic rings. The van der Waals surface area contributed by atoms with Gasteiger partial charge in [-0.25, -0.2) is 0 Å². The number of hydrogen-bond acceptors (Lipinski definition) is 2. The maximum Gasteiger partial charge on any atom is 0.394 e. The van der Waals surface area contributed by atoms with Crippen molar-refractivity contribution in [2.24, 2.45) is 0 Å². The van der Waals surface area contributed by atoms with Crippen molar-refractivity contribution in [3.05, 3.63) is 0 Å². The summed E-state index contributed by atoms with van der Waals surface area (Å²) in [5.41, 5.74) is 0. The van der Waals surface area contributed by atoms with Gasteiger partial charge in [0.15, 0.2) is 0 Å². The van der Waals surface area contributed by atoms with Gasteiger partial charge in [0.05, 0.1) is 0 Å². The Morgan fingerprint density at radius 2 is 1.04 bits per heavy atom. The number of unbranched alkanes of at least 4 members (excludes halogenated alkanes) is 11. The van der Waals surface area contributed by atoms with Gasteiger partial charge in [0.25, 0.3) is 0 Å². The van der Waals surface area contributed by atoms with Crippen LogP contribution in [0.4, 0.5) is 0 Å². The first kappa shape index (κ1) is 27.6. The van der Waals surface area contributed by atoms with E-state index in [9.17, 15) is 0 Å². The summed E-state index contributed by atoms with van der Waals surface area (Å²) in [7, 11) is -4.67. The van der Waals surface area contributed by atoms with Crippen LogP contribution in [0.2, 0.25) is 14.3 Å². The number of rotatable bonds is 16. The van der Waals surface area contributed by atoms with Crippen molar-refractivity contribution in [1.29, 1.82) is 0 Å². The first-order valence-corrected chi connectivity index (χ1v) is 14.9. The Morgan fingerprint density at radius 1 is 0.708 bits per heavy atom. The van der Waals surface area contributed by atoms with E-state index in [1.807, 2.05) is 0 Å². The van der Waals surface area contributed by atoms with Crippen molar-refractivity contribution in [1.82, 2.24) is 0 Å². The zero-order chi connectivity index (χ0) is 18.5. The van der Waals surface area contributed by atoms with Crippen LogP contribution in [0.3, 0.4) is 0 Å². The quantitative estimate of drug-likeness (QED) is 0.188. The molecule has 142 valence electrons. The van der Waals surface area contributed by atoms with Crippen LogP contribution >= 0.6 is 0 Å². The Balaban J connectivity index is 0. The van der Waals surface area contributed by atoms with Gasteiger partial charge in [-0.3, -0.25) is 9.11 Å². The molecule has 0 heterocycles. The molecule has 0 bridgehead atoms. The summed E-state index contributed by atoms with van der Waals surface area (Å²) in [6.07, 6.45) is 19.3. The molecule has 24 heavy (non-hydrogen) atoms. The van der Waals surface area contributed by atoms with Crippen molar-refractivity contribution < 1.29 is 17.5 Å². The van der Waals surface area contributed by atoms with Gasteiger partial charge in [-0.05, 0) is 0 Å². The molecule has 0 aliphatic carbocycles. The Labute approximate surface area is 174 Å². The van der Waals surface area contributed by atoms with E-state index in [1.54, 1.807) is 10.6 Å². The van der Waals surface area contributed by atoms with Gasteiger partial charge in [-0.15, -0.1) is 0 Å². The molecular formula is C17H37NaO4SSe. The van der Waals surface area contributed by atoms with Crippen LogP contribution in [0.5, 0.6) is 0 Å². The average molecular weight is 439 g/mol. The zero-order valence-electron chi connectivity index (χ0n) is 15.8.